The lowest BCUT2D eigenvalue weighted by atomic mass is 10.0. The molecule has 0 atom stereocenters. The van der Waals surface area contributed by atoms with Gasteiger partial charge in [-0.05, 0) is 35.7 Å². The van der Waals surface area contributed by atoms with Gasteiger partial charge in [-0.3, -0.25) is 14.6 Å². The maximum Gasteiger partial charge on any atom is 0.278 e. The molecule has 0 aliphatic rings. The van der Waals surface area contributed by atoms with Gasteiger partial charge in [-0.25, -0.2) is 5.06 Å². The van der Waals surface area contributed by atoms with Crippen LogP contribution in [0.3, 0.4) is 0 Å². The number of carbonyl (C=O) groups is 1. The van der Waals surface area contributed by atoms with Crippen molar-refractivity contribution in [1.29, 1.82) is 5.26 Å². The Balaban J connectivity index is 2.17. The van der Waals surface area contributed by atoms with Crippen LogP contribution < -0.4 is 0 Å². The first-order valence-corrected chi connectivity index (χ1v) is 6.39. The van der Waals surface area contributed by atoms with Crippen molar-refractivity contribution < 1.29 is 9.63 Å². The molecule has 1 heterocycles. The van der Waals surface area contributed by atoms with E-state index in [1.165, 1.54) is 13.3 Å². The van der Waals surface area contributed by atoms with Crippen molar-refractivity contribution in [2.75, 3.05) is 14.2 Å². The third-order valence-electron chi connectivity index (χ3n) is 3.09. The van der Waals surface area contributed by atoms with E-state index in [9.17, 15) is 4.79 Å². The van der Waals surface area contributed by atoms with Crippen LogP contribution >= 0.6 is 0 Å². The van der Waals surface area contributed by atoms with Crippen LogP contribution in [-0.4, -0.2) is 30.1 Å². The molecule has 106 valence electrons. The van der Waals surface area contributed by atoms with Gasteiger partial charge in [-0.2, -0.15) is 5.26 Å². The van der Waals surface area contributed by atoms with Crippen LogP contribution in [0.4, 0.5) is 0 Å². The molecular weight excluding hydrogens is 266 g/mol. The van der Waals surface area contributed by atoms with Gasteiger partial charge in [0.15, 0.2) is 0 Å². The van der Waals surface area contributed by atoms with Crippen LogP contribution in [0.25, 0.3) is 0 Å². The maximum absolute atomic E-state index is 12.0. The second kappa shape index (κ2) is 6.64. The Morgan fingerprint density at radius 1 is 1.29 bits per heavy atom. The van der Waals surface area contributed by atoms with Gasteiger partial charge >= 0.3 is 0 Å². The number of hydroxylamine groups is 2. The molecule has 5 heteroatoms. The number of nitrogens with zero attached hydrogens (tertiary/aromatic N) is 3. The van der Waals surface area contributed by atoms with Crippen molar-refractivity contribution in [1.82, 2.24) is 10.0 Å². The lowest BCUT2D eigenvalue weighted by Gasteiger charge is -2.13. The molecule has 0 aliphatic carbocycles. The van der Waals surface area contributed by atoms with Crippen molar-refractivity contribution in [2.24, 2.45) is 0 Å². The molecule has 21 heavy (non-hydrogen) atoms. The normalized spacial score (nSPS) is 9.95. The van der Waals surface area contributed by atoms with E-state index in [1.54, 1.807) is 31.4 Å². The first kappa shape index (κ1) is 14.7. The Morgan fingerprint density at radius 2 is 2.00 bits per heavy atom. The van der Waals surface area contributed by atoms with Crippen LogP contribution in [0.2, 0.25) is 0 Å². The standard InChI is InChI=1S/C16H15N3O2/c1-19(21-2)16(20)15-8-14(10-18-11-15)7-12-3-5-13(9-17)6-4-12/h3-6,8,10-11H,7H2,1-2H3. The number of hydrogen-bond donors (Lipinski definition) is 0. The predicted octanol–water partition coefficient (Wildman–Crippen LogP) is 2.18. The number of rotatable bonds is 4. The first-order chi connectivity index (χ1) is 10.1. The van der Waals surface area contributed by atoms with Crippen LogP contribution in [0.1, 0.15) is 27.0 Å². The summed E-state index contributed by atoms with van der Waals surface area (Å²) < 4.78 is 0. The van der Waals surface area contributed by atoms with Gasteiger partial charge in [0.05, 0.1) is 24.3 Å². The molecule has 0 saturated heterocycles. The lowest BCUT2D eigenvalue weighted by molar-refractivity contribution is -0.0757. The highest BCUT2D eigenvalue weighted by Crippen LogP contribution is 2.12. The van der Waals surface area contributed by atoms with E-state index in [2.05, 4.69) is 11.1 Å². The highest BCUT2D eigenvalue weighted by molar-refractivity contribution is 5.93. The average molecular weight is 281 g/mol. The van der Waals surface area contributed by atoms with E-state index >= 15 is 0 Å². The van der Waals surface area contributed by atoms with Crippen LogP contribution in [0.5, 0.6) is 0 Å². The smallest absolute Gasteiger partial charge is 0.274 e. The summed E-state index contributed by atoms with van der Waals surface area (Å²) >= 11 is 0. The Labute approximate surface area is 123 Å². The highest BCUT2D eigenvalue weighted by atomic mass is 16.7. The highest BCUT2D eigenvalue weighted by Gasteiger charge is 2.12. The zero-order chi connectivity index (χ0) is 15.2. The summed E-state index contributed by atoms with van der Waals surface area (Å²) in [6.45, 7) is 0. The van der Waals surface area contributed by atoms with Crippen molar-refractivity contribution >= 4 is 5.91 Å². The Morgan fingerprint density at radius 3 is 2.62 bits per heavy atom. The van der Waals surface area contributed by atoms with Gasteiger partial charge < -0.3 is 0 Å². The number of nitriles is 1. The third-order valence-corrected chi connectivity index (χ3v) is 3.09. The molecule has 0 unspecified atom stereocenters. The first-order valence-electron chi connectivity index (χ1n) is 6.39. The summed E-state index contributed by atoms with van der Waals surface area (Å²) in [6, 6.07) is 11.2. The van der Waals surface area contributed by atoms with E-state index in [0.29, 0.717) is 17.5 Å². The molecule has 0 aliphatic heterocycles. The van der Waals surface area contributed by atoms with Gasteiger partial charge in [-0.15, -0.1) is 0 Å². The van der Waals surface area contributed by atoms with Crippen LogP contribution in [0.15, 0.2) is 42.7 Å². The van der Waals surface area contributed by atoms with Gasteiger partial charge in [-0.1, -0.05) is 12.1 Å². The van der Waals surface area contributed by atoms with Gasteiger partial charge in [0, 0.05) is 19.4 Å². The Kier molecular flexibility index (Phi) is 4.64. The second-order valence-electron chi connectivity index (χ2n) is 4.55. The Bertz CT molecular complexity index is 675. The number of hydrogen-bond acceptors (Lipinski definition) is 4. The van der Waals surface area contributed by atoms with Crippen LogP contribution in [-0.2, 0) is 11.3 Å². The van der Waals surface area contributed by atoms with E-state index in [1.807, 2.05) is 12.1 Å². The summed E-state index contributed by atoms with van der Waals surface area (Å²) in [5.41, 5.74) is 3.09. The summed E-state index contributed by atoms with van der Waals surface area (Å²) in [5.74, 6) is -0.244. The van der Waals surface area contributed by atoms with Gasteiger partial charge in [0.1, 0.15) is 0 Å². The van der Waals surface area contributed by atoms with Gasteiger partial charge in [0.2, 0.25) is 0 Å². The molecule has 2 rings (SSSR count). The summed E-state index contributed by atoms with van der Waals surface area (Å²) in [6.07, 6.45) is 3.89. The Hall–Kier alpha value is -2.71. The van der Waals surface area contributed by atoms with Gasteiger partial charge in [0.25, 0.3) is 5.91 Å². The van der Waals surface area contributed by atoms with E-state index in [4.69, 9.17) is 10.1 Å². The number of amides is 1. The molecule has 0 spiro atoms. The van der Waals surface area contributed by atoms with Crippen LogP contribution in [0, 0.1) is 11.3 Å². The van der Waals surface area contributed by atoms with E-state index in [0.717, 1.165) is 16.2 Å². The molecule has 0 bridgehead atoms. The van der Waals surface area contributed by atoms with Crippen molar-refractivity contribution in [3.8, 4) is 6.07 Å². The maximum atomic E-state index is 12.0. The molecule has 1 aromatic carbocycles. The monoisotopic (exact) mass is 281 g/mol. The quantitative estimate of drug-likeness (QED) is 0.806. The zero-order valence-electron chi connectivity index (χ0n) is 11.9. The minimum Gasteiger partial charge on any atom is -0.274 e. The molecular formula is C16H15N3O2. The lowest BCUT2D eigenvalue weighted by Crippen LogP contribution is -2.25. The minimum atomic E-state index is -0.244. The molecule has 1 amide bonds. The number of benzene rings is 1. The molecule has 0 radical (unpaired) electrons. The summed E-state index contributed by atoms with van der Waals surface area (Å²) in [4.78, 5) is 21.0. The largest absolute Gasteiger partial charge is 0.278 e. The third kappa shape index (κ3) is 3.65. The summed E-state index contributed by atoms with van der Waals surface area (Å²) in [7, 11) is 2.99. The molecule has 0 fully saturated rings. The number of carbonyl (C=O) groups excluding carboxylic acids is 1. The fourth-order valence-corrected chi connectivity index (χ4v) is 1.90. The second-order valence-corrected chi connectivity index (χ2v) is 4.55. The number of aromatic nitrogens is 1. The molecule has 1 aromatic heterocycles. The van der Waals surface area contributed by atoms with Crippen molar-refractivity contribution in [3.05, 3.63) is 65.0 Å². The fourth-order valence-electron chi connectivity index (χ4n) is 1.90. The number of pyridine rings is 1. The fraction of sp³-hybridized carbons (Fsp3) is 0.188. The molecule has 2 aromatic rings. The molecule has 5 nitrogen and oxygen atoms in total. The summed E-state index contributed by atoms with van der Waals surface area (Å²) in [5, 5.41) is 9.93. The van der Waals surface area contributed by atoms with Crippen molar-refractivity contribution in [2.45, 2.75) is 6.42 Å². The topological polar surface area (TPSA) is 66.2 Å². The zero-order valence-corrected chi connectivity index (χ0v) is 11.9. The minimum absolute atomic E-state index is 0.244. The predicted molar refractivity (Wildman–Crippen MR) is 77.3 cm³/mol. The molecule has 0 N–H and O–H groups in total. The van der Waals surface area contributed by atoms with E-state index in [-0.39, 0.29) is 5.91 Å². The van der Waals surface area contributed by atoms with Crippen molar-refractivity contribution in [3.63, 3.8) is 0 Å². The average Bonchev–Trinajstić information content (AvgIpc) is 2.54. The SMILES string of the molecule is CON(C)C(=O)c1cncc(Cc2ccc(C#N)cc2)c1. The molecule has 0 saturated carbocycles. The van der Waals surface area contributed by atoms with E-state index < -0.39 is 0 Å².